The van der Waals surface area contributed by atoms with Crippen molar-refractivity contribution < 1.29 is 0 Å². The molecule has 3 fully saturated rings. The quantitative estimate of drug-likeness (QED) is 0.759. The van der Waals surface area contributed by atoms with Crippen LogP contribution in [0.25, 0.3) is 0 Å². The van der Waals surface area contributed by atoms with Crippen molar-refractivity contribution in [2.45, 2.75) is 63.2 Å². The lowest BCUT2D eigenvalue weighted by Crippen LogP contribution is -2.49. The van der Waals surface area contributed by atoms with Crippen LogP contribution in [-0.2, 0) is 11.8 Å². The minimum Gasteiger partial charge on any atom is -0.303 e. The van der Waals surface area contributed by atoms with Gasteiger partial charge in [0.2, 0.25) is 0 Å². The van der Waals surface area contributed by atoms with Gasteiger partial charge in [0, 0.05) is 6.54 Å². The van der Waals surface area contributed by atoms with E-state index < -0.39 is 0 Å². The first kappa shape index (κ1) is 14.5. The first-order chi connectivity index (χ1) is 11.3. The molecule has 1 nitrogen and oxygen atoms in total. The summed E-state index contributed by atoms with van der Waals surface area (Å²) < 4.78 is 0. The molecule has 5 rings (SSSR count). The molecule has 1 aromatic rings. The molecule has 1 saturated heterocycles. The van der Waals surface area contributed by atoms with Crippen LogP contribution in [0.1, 0.15) is 62.5 Å². The van der Waals surface area contributed by atoms with Gasteiger partial charge in [-0.1, -0.05) is 43.5 Å². The molecular weight excluding hydrogens is 278 g/mol. The van der Waals surface area contributed by atoms with Crippen LogP contribution in [0.15, 0.2) is 24.3 Å². The SMILES string of the molecule is c1ccc2c(c1)CCC21CCN(C[C@H]2CC3CCCCC32)CC1. The fourth-order valence-electron chi connectivity index (χ4n) is 6.51. The third-order valence-corrected chi connectivity index (χ3v) is 7.95. The Labute approximate surface area is 141 Å². The third-order valence-electron chi connectivity index (χ3n) is 7.95. The fourth-order valence-corrected chi connectivity index (χ4v) is 6.51. The number of hydrogen-bond donors (Lipinski definition) is 0. The van der Waals surface area contributed by atoms with Crippen LogP contribution in [0, 0.1) is 17.8 Å². The Hall–Kier alpha value is -0.820. The maximum Gasteiger partial charge on any atom is 0.00125 e. The Balaban J connectivity index is 1.21. The van der Waals surface area contributed by atoms with E-state index in [1.54, 1.807) is 30.4 Å². The zero-order valence-electron chi connectivity index (χ0n) is 14.5. The Morgan fingerprint density at radius 3 is 2.70 bits per heavy atom. The molecule has 3 aliphatic carbocycles. The van der Waals surface area contributed by atoms with E-state index in [4.69, 9.17) is 0 Å². The molecule has 0 amide bonds. The smallest absolute Gasteiger partial charge is 0.00125 e. The molecule has 3 atom stereocenters. The van der Waals surface area contributed by atoms with Crippen LogP contribution in [0.4, 0.5) is 0 Å². The summed E-state index contributed by atoms with van der Waals surface area (Å²) in [6.07, 6.45) is 13.2. The Kier molecular flexibility index (Phi) is 3.55. The van der Waals surface area contributed by atoms with Gasteiger partial charge in [-0.3, -0.25) is 0 Å². The molecule has 1 aromatic carbocycles. The highest BCUT2D eigenvalue weighted by atomic mass is 15.1. The van der Waals surface area contributed by atoms with Gasteiger partial charge < -0.3 is 4.90 Å². The average Bonchev–Trinajstić information content (AvgIpc) is 2.94. The molecule has 0 N–H and O–H groups in total. The third kappa shape index (κ3) is 2.38. The molecule has 0 aromatic heterocycles. The van der Waals surface area contributed by atoms with E-state index in [0.29, 0.717) is 5.41 Å². The van der Waals surface area contributed by atoms with Crippen molar-refractivity contribution in [1.29, 1.82) is 0 Å². The largest absolute Gasteiger partial charge is 0.303 e. The summed E-state index contributed by atoms with van der Waals surface area (Å²) in [5.74, 6) is 3.27. The highest BCUT2D eigenvalue weighted by Crippen LogP contribution is 2.50. The van der Waals surface area contributed by atoms with Gasteiger partial charge in [-0.2, -0.15) is 0 Å². The second kappa shape index (κ2) is 5.62. The molecule has 1 spiro atoms. The first-order valence-electron chi connectivity index (χ1n) is 10.1. The molecule has 1 aliphatic heterocycles. The van der Waals surface area contributed by atoms with Gasteiger partial charge >= 0.3 is 0 Å². The van der Waals surface area contributed by atoms with Crippen LogP contribution in [-0.4, -0.2) is 24.5 Å². The molecule has 0 bridgehead atoms. The summed E-state index contributed by atoms with van der Waals surface area (Å²) in [5, 5.41) is 0. The lowest BCUT2D eigenvalue weighted by Gasteiger charge is -2.51. The van der Waals surface area contributed by atoms with Crippen molar-refractivity contribution in [3.63, 3.8) is 0 Å². The monoisotopic (exact) mass is 309 g/mol. The predicted octanol–water partition coefficient (Wildman–Crippen LogP) is 4.79. The van der Waals surface area contributed by atoms with Gasteiger partial charge in [0.1, 0.15) is 0 Å². The Morgan fingerprint density at radius 1 is 1.00 bits per heavy atom. The number of hydrogen-bond acceptors (Lipinski definition) is 1. The van der Waals surface area contributed by atoms with Gasteiger partial charge in [0.25, 0.3) is 0 Å². The molecule has 2 saturated carbocycles. The number of likely N-dealkylation sites (tertiary alicyclic amines) is 1. The number of benzene rings is 1. The topological polar surface area (TPSA) is 3.24 Å². The van der Waals surface area contributed by atoms with Gasteiger partial charge in [0.05, 0.1) is 0 Å². The van der Waals surface area contributed by atoms with E-state index in [1.807, 2.05) is 0 Å². The second-order valence-corrected chi connectivity index (χ2v) is 8.94. The number of rotatable bonds is 2. The maximum atomic E-state index is 2.82. The maximum absolute atomic E-state index is 2.82. The number of aryl methyl sites for hydroxylation is 1. The standard InChI is InChI=1S/C22H31N/c1-3-7-20-18(6-1)15-19(20)16-23-13-11-22(12-14-23)10-9-17-5-2-4-8-21(17)22/h2,4-5,8,18-20H,1,3,6-7,9-16H2/t18?,19-,20?/m1/s1. The number of piperidine rings is 1. The molecule has 23 heavy (non-hydrogen) atoms. The van der Waals surface area contributed by atoms with Crippen LogP contribution in [0.3, 0.4) is 0 Å². The van der Waals surface area contributed by atoms with Gasteiger partial charge in [0.15, 0.2) is 0 Å². The lowest BCUT2D eigenvalue weighted by atomic mass is 9.58. The van der Waals surface area contributed by atoms with E-state index >= 15 is 0 Å². The van der Waals surface area contributed by atoms with Crippen molar-refractivity contribution in [2.24, 2.45) is 17.8 Å². The predicted molar refractivity (Wildman–Crippen MR) is 95.7 cm³/mol. The summed E-state index contributed by atoms with van der Waals surface area (Å²) in [4.78, 5) is 2.82. The highest BCUT2D eigenvalue weighted by molar-refractivity contribution is 5.39. The average molecular weight is 309 g/mol. The van der Waals surface area contributed by atoms with E-state index in [9.17, 15) is 0 Å². The lowest BCUT2D eigenvalue weighted by molar-refractivity contribution is -0.00298. The second-order valence-electron chi connectivity index (χ2n) is 8.94. The zero-order chi connectivity index (χ0) is 15.3. The van der Waals surface area contributed by atoms with Crippen LogP contribution in [0.2, 0.25) is 0 Å². The zero-order valence-corrected chi connectivity index (χ0v) is 14.5. The summed E-state index contributed by atoms with van der Waals surface area (Å²) in [5.41, 5.74) is 3.89. The highest BCUT2D eigenvalue weighted by Gasteiger charge is 2.44. The summed E-state index contributed by atoms with van der Waals surface area (Å²) in [6, 6.07) is 9.28. The van der Waals surface area contributed by atoms with Crippen molar-refractivity contribution in [2.75, 3.05) is 19.6 Å². The summed E-state index contributed by atoms with van der Waals surface area (Å²) >= 11 is 0. The normalized spacial score (nSPS) is 35.6. The minimum atomic E-state index is 0.542. The van der Waals surface area contributed by atoms with Crippen molar-refractivity contribution in [1.82, 2.24) is 4.90 Å². The van der Waals surface area contributed by atoms with Crippen molar-refractivity contribution in [3.8, 4) is 0 Å². The summed E-state index contributed by atoms with van der Waals surface area (Å²) in [6.45, 7) is 4.11. The van der Waals surface area contributed by atoms with Crippen molar-refractivity contribution >= 4 is 0 Å². The van der Waals surface area contributed by atoms with E-state index in [0.717, 1.165) is 17.8 Å². The van der Waals surface area contributed by atoms with Gasteiger partial charge in [-0.05, 0) is 85.9 Å². The number of fused-ring (bicyclic) bond motifs is 3. The molecule has 1 heteroatoms. The molecule has 124 valence electrons. The molecule has 4 aliphatic rings. The van der Waals surface area contributed by atoms with Crippen LogP contribution >= 0.6 is 0 Å². The van der Waals surface area contributed by atoms with E-state index in [-0.39, 0.29) is 0 Å². The minimum absolute atomic E-state index is 0.542. The molecule has 1 heterocycles. The Bertz CT molecular complexity index is 569. The van der Waals surface area contributed by atoms with Crippen LogP contribution < -0.4 is 0 Å². The van der Waals surface area contributed by atoms with Crippen LogP contribution in [0.5, 0.6) is 0 Å². The molecular formula is C22H31N. The number of nitrogens with zero attached hydrogens (tertiary/aromatic N) is 1. The molecule has 0 radical (unpaired) electrons. The van der Waals surface area contributed by atoms with Crippen molar-refractivity contribution in [3.05, 3.63) is 35.4 Å². The first-order valence-corrected chi connectivity index (χ1v) is 10.1. The Morgan fingerprint density at radius 2 is 1.83 bits per heavy atom. The summed E-state index contributed by atoms with van der Waals surface area (Å²) in [7, 11) is 0. The van der Waals surface area contributed by atoms with E-state index in [2.05, 4.69) is 29.2 Å². The van der Waals surface area contributed by atoms with Gasteiger partial charge in [-0.25, -0.2) is 0 Å². The van der Waals surface area contributed by atoms with Gasteiger partial charge in [-0.15, -0.1) is 0 Å². The van der Waals surface area contributed by atoms with E-state index in [1.165, 1.54) is 58.2 Å². The molecule has 2 unspecified atom stereocenters. The fraction of sp³-hybridized carbons (Fsp3) is 0.727.